The first-order valence-electron chi connectivity index (χ1n) is 14.6. The van der Waals surface area contributed by atoms with E-state index >= 15 is 0 Å². The van der Waals surface area contributed by atoms with Gasteiger partial charge in [0.05, 0.1) is 17.7 Å². The van der Waals surface area contributed by atoms with Crippen molar-refractivity contribution in [3.8, 4) is 5.75 Å². The molecule has 8 nitrogen and oxygen atoms in total. The lowest BCUT2D eigenvalue weighted by Crippen LogP contribution is -2.54. The highest BCUT2D eigenvalue weighted by Gasteiger charge is 2.35. The van der Waals surface area contributed by atoms with Crippen molar-refractivity contribution in [3.05, 3.63) is 124 Å². The van der Waals surface area contributed by atoms with Gasteiger partial charge in [-0.3, -0.25) is 13.9 Å². The SMILES string of the molecule is COc1ccccc1N(CC(=O)N(Cc1cccc(Br)c1)[C@@H](Cc1ccccc1)C(=O)NC(C)C)S(=O)(=O)c1ccc(C)cc1. The van der Waals surface area contributed by atoms with Gasteiger partial charge in [-0.1, -0.05) is 88.2 Å². The van der Waals surface area contributed by atoms with E-state index in [0.29, 0.717) is 0 Å². The largest absolute Gasteiger partial charge is 0.495 e. The van der Waals surface area contributed by atoms with Crippen LogP contribution in [0.5, 0.6) is 5.75 Å². The molecule has 0 fully saturated rings. The number of aryl methyl sites for hydroxylation is 1. The Bertz CT molecular complexity index is 1710. The molecule has 2 amide bonds. The van der Waals surface area contributed by atoms with Crippen molar-refractivity contribution in [2.75, 3.05) is 18.0 Å². The van der Waals surface area contributed by atoms with E-state index < -0.39 is 28.5 Å². The first-order valence-corrected chi connectivity index (χ1v) is 16.8. The fraction of sp³-hybridized carbons (Fsp3) is 0.257. The minimum atomic E-state index is -4.24. The highest BCUT2D eigenvalue weighted by molar-refractivity contribution is 9.10. The number of halogens is 1. The van der Waals surface area contributed by atoms with Gasteiger partial charge in [0.2, 0.25) is 11.8 Å². The third kappa shape index (κ3) is 8.73. The molecule has 0 saturated heterocycles. The summed E-state index contributed by atoms with van der Waals surface area (Å²) in [4.78, 5) is 29.9. The molecule has 4 rings (SSSR count). The number of methoxy groups -OCH3 is 1. The van der Waals surface area contributed by atoms with Gasteiger partial charge in [-0.25, -0.2) is 8.42 Å². The monoisotopic (exact) mass is 691 g/mol. The van der Waals surface area contributed by atoms with Gasteiger partial charge in [-0.15, -0.1) is 0 Å². The topological polar surface area (TPSA) is 96.0 Å². The number of nitrogens with one attached hydrogen (secondary N) is 1. The number of para-hydroxylation sites is 2. The normalized spacial score (nSPS) is 12.0. The summed E-state index contributed by atoms with van der Waals surface area (Å²) in [6.45, 7) is 5.09. The number of ether oxygens (including phenoxy) is 1. The van der Waals surface area contributed by atoms with E-state index in [0.717, 1.165) is 25.5 Å². The Balaban J connectivity index is 1.83. The van der Waals surface area contributed by atoms with Crippen LogP contribution < -0.4 is 14.4 Å². The zero-order chi connectivity index (χ0) is 32.6. The summed E-state index contributed by atoms with van der Waals surface area (Å²) >= 11 is 3.50. The average molecular weight is 693 g/mol. The van der Waals surface area contributed by atoms with Crippen molar-refractivity contribution in [2.45, 2.75) is 50.7 Å². The number of anilines is 1. The van der Waals surface area contributed by atoms with Crippen LogP contribution in [0.1, 0.15) is 30.5 Å². The summed E-state index contributed by atoms with van der Waals surface area (Å²) in [5, 5.41) is 2.97. The van der Waals surface area contributed by atoms with Crippen LogP contribution in [0, 0.1) is 6.92 Å². The lowest BCUT2D eigenvalue weighted by Gasteiger charge is -2.34. The van der Waals surface area contributed by atoms with Gasteiger partial charge < -0.3 is 15.0 Å². The van der Waals surface area contributed by atoms with E-state index in [2.05, 4.69) is 21.2 Å². The summed E-state index contributed by atoms with van der Waals surface area (Å²) in [7, 11) is -2.79. The molecule has 0 aliphatic heterocycles. The first kappa shape index (κ1) is 33.7. The van der Waals surface area contributed by atoms with Crippen molar-refractivity contribution in [2.24, 2.45) is 0 Å². The van der Waals surface area contributed by atoms with E-state index in [4.69, 9.17) is 4.74 Å². The number of hydrogen-bond acceptors (Lipinski definition) is 5. The molecule has 4 aromatic carbocycles. The zero-order valence-electron chi connectivity index (χ0n) is 25.8. The van der Waals surface area contributed by atoms with Crippen molar-refractivity contribution >= 4 is 43.5 Å². The van der Waals surface area contributed by atoms with Crippen LogP contribution in [0.4, 0.5) is 5.69 Å². The predicted octanol–water partition coefficient (Wildman–Crippen LogP) is 6.13. The second kappa shape index (κ2) is 15.2. The standard InChI is InChI=1S/C35H38BrN3O5S/c1-25(2)37-35(41)32(22-27-11-6-5-7-12-27)38(23-28-13-10-14-29(36)21-28)34(40)24-39(31-15-8-9-16-33(31)44-4)45(42,43)30-19-17-26(3)18-20-30/h5-21,25,32H,22-24H2,1-4H3,(H,37,41)/t32-/m0/s1. The van der Waals surface area contributed by atoms with Crippen LogP contribution in [0.25, 0.3) is 0 Å². The van der Waals surface area contributed by atoms with Crippen molar-refractivity contribution in [1.82, 2.24) is 10.2 Å². The van der Waals surface area contributed by atoms with Crippen LogP contribution in [-0.2, 0) is 32.6 Å². The van der Waals surface area contributed by atoms with Crippen molar-refractivity contribution < 1.29 is 22.7 Å². The van der Waals surface area contributed by atoms with Gasteiger partial charge in [-0.05, 0) is 68.3 Å². The molecule has 0 aliphatic carbocycles. The molecule has 0 radical (unpaired) electrons. The third-order valence-corrected chi connectivity index (χ3v) is 9.45. The van der Waals surface area contributed by atoms with Crippen LogP contribution in [0.2, 0.25) is 0 Å². The molecule has 0 unspecified atom stereocenters. The molecule has 0 heterocycles. The summed E-state index contributed by atoms with van der Waals surface area (Å²) in [6.07, 6.45) is 0.235. The smallest absolute Gasteiger partial charge is 0.264 e. The van der Waals surface area contributed by atoms with Gasteiger partial charge in [0.1, 0.15) is 18.3 Å². The lowest BCUT2D eigenvalue weighted by molar-refractivity contribution is -0.140. The second-order valence-electron chi connectivity index (χ2n) is 11.0. The molecule has 0 aromatic heterocycles. The van der Waals surface area contributed by atoms with Crippen molar-refractivity contribution in [3.63, 3.8) is 0 Å². The van der Waals surface area contributed by atoms with E-state index in [1.165, 1.54) is 24.1 Å². The minimum Gasteiger partial charge on any atom is -0.495 e. The van der Waals surface area contributed by atoms with Gasteiger partial charge in [0, 0.05) is 23.5 Å². The summed E-state index contributed by atoms with van der Waals surface area (Å²) in [5.74, 6) is -0.586. The maximum Gasteiger partial charge on any atom is 0.264 e. The maximum atomic E-state index is 14.6. The van der Waals surface area contributed by atoms with Crippen LogP contribution >= 0.6 is 15.9 Å². The molecule has 0 saturated carbocycles. The summed E-state index contributed by atoms with van der Waals surface area (Å²) in [5.41, 5.74) is 2.75. The number of sulfonamides is 1. The maximum absolute atomic E-state index is 14.6. The van der Waals surface area contributed by atoms with Crippen LogP contribution in [0.15, 0.2) is 112 Å². The number of carbonyl (C=O) groups is 2. The quantitative estimate of drug-likeness (QED) is 0.182. The molecule has 0 spiro atoms. The molecule has 45 heavy (non-hydrogen) atoms. The molecule has 1 N–H and O–H groups in total. The van der Waals surface area contributed by atoms with Gasteiger partial charge in [-0.2, -0.15) is 0 Å². The van der Waals surface area contributed by atoms with Crippen LogP contribution in [0.3, 0.4) is 0 Å². The summed E-state index contributed by atoms with van der Waals surface area (Å²) < 4.78 is 35.9. The van der Waals surface area contributed by atoms with E-state index in [1.807, 2.05) is 75.4 Å². The Labute approximate surface area is 274 Å². The molecular formula is C35H38BrN3O5S. The third-order valence-electron chi connectivity index (χ3n) is 7.19. The van der Waals surface area contributed by atoms with Gasteiger partial charge in [0.25, 0.3) is 10.0 Å². The van der Waals surface area contributed by atoms with E-state index in [9.17, 15) is 18.0 Å². The van der Waals surface area contributed by atoms with Crippen LogP contribution in [-0.4, -0.2) is 50.9 Å². The number of carbonyl (C=O) groups excluding carboxylic acids is 2. The number of nitrogens with zero attached hydrogens (tertiary/aromatic N) is 2. The number of benzene rings is 4. The Kier molecular flexibility index (Phi) is 11.4. The lowest BCUT2D eigenvalue weighted by atomic mass is 10.0. The molecule has 236 valence electrons. The van der Waals surface area contributed by atoms with Gasteiger partial charge in [0.15, 0.2) is 0 Å². The average Bonchev–Trinajstić information content (AvgIpc) is 3.01. The molecular weight excluding hydrogens is 654 g/mol. The molecule has 0 aliphatic rings. The molecule has 10 heteroatoms. The minimum absolute atomic E-state index is 0.0312. The molecule has 4 aromatic rings. The number of hydrogen-bond donors (Lipinski definition) is 1. The first-order chi connectivity index (χ1) is 21.5. The highest BCUT2D eigenvalue weighted by atomic mass is 79.9. The van der Waals surface area contributed by atoms with Gasteiger partial charge >= 0.3 is 0 Å². The highest BCUT2D eigenvalue weighted by Crippen LogP contribution is 2.33. The van der Waals surface area contributed by atoms with E-state index in [1.54, 1.807) is 36.4 Å². The molecule has 0 bridgehead atoms. The fourth-order valence-corrected chi connectivity index (χ4v) is 6.82. The Hall–Kier alpha value is -4.15. The fourth-order valence-electron chi connectivity index (χ4n) is 4.95. The Morgan fingerprint density at radius 2 is 1.51 bits per heavy atom. The molecule has 1 atom stereocenters. The number of rotatable bonds is 13. The van der Waals surface area contributed by atoms with E-state index in [-0.39, 0.29) is 41.2 Å². The summed E-state index contributed by atoms with van der Waals surface area (Å²) in [6, 6.07) is 28.9. The Morgan fingerprint density at radius 3 is 2.16 bits per heavy atom. The zero-order valence-corrected chi connectivity index (χ0v) is 28.2. The second-order valence-corrected chi connectivity index (χ2v) is 13.8. The Morgan fingerprint density at radius 1 is 0.867 bits per heavy atom. The van der Waals surface area contributed by atoms with Crippen molar-refractivity contribution in [1.29, 1.82) is 0 Å². The number of amides is 2. The predicted molar refractivity (Wildman–Crippen MR) is 181 cm³/mol.